The highest BCUT2D eigenvalue weighted by Crippen LogP contribution is 2.27. The molecule has 1 rings (SSSR count). The molecule has 1 heterocycles. The van der Waals surface area contributed by atoms with Crippen molar-refractivity contribution in [1.82, 2.24) is 9.88 Å². The van der Waals surface area contributed by atoms with Crippen molar-refractivity contribution < 1.29 is 24.2 Å². The molecule has 0 aliphatic rings. The zero-order chi connectivity index (χ0) is 19.4. The summed E-state index contributed by atoms with van der Waals surface area (Å²) in [6.45, 7) is 9.37. The van der Waals surface area contributed by atoms with Crippen molar-refractivity contribution in [3.63, 3.8) is 0 Å². The van der Waals surface area contributed by atoms with Gasteiger partial charge in [-0.2, -0.15) is 0 Å². The van der Waals surface area contributed by atoms with Crippen LogP contribution in [0.2, 0.25) is 0 Å². The first kappa shape index (κ1) is 21.4. The summed E-state index contributed by atoms with van der Waals surface area (Å²) >= 11 is 1.19. The van der Waals surface area contributed by atoms with Gasteiger partial charge in [-0.05, 0) is 26.7 Å². The molecule has 0 aliphatic heterocycles. The molecular weight excluding hydrogens is 344 g/mol. The van der Waals surface area contributed by atoms with Crippen LogP contribution < -0.4 is 0 Å². The second-order valence-electron chi connectivity index (χ2n) is 7.22. The van der Waals surface area contributed by atoms with Gasteiger partial charge >= 0.3 is 12.1 Å². The Bertz CT molecular complexity index is 594. The first-order chi connectivity index (χ1) is 11.5. The molecule has 8 heteroatoms. The van der Waals surface area contributed by atoms with Crippen LogP contribution >= 0.6 is 11.3 Å². The molecule has 0 fully saturated rings. The van der Waals surface area contributed by atoms with E-state index in [1.807, 2.05) is 34.6 Å². The van der Waals surface area contributed by atoms with Gasteiger partial charge in [-0.15, -0.1) is 11.3 Å². The number of hydrogen-bond acceptors (Lipinski definition) is 7. The first-order valence-corrected chi connectivity index (χ1v) is 9.01. The monoisotopic (exact) mass is 372 g/mol. The maximum Gasteiger partial charge on any atom is 0.410 e. The summed E-state index contributed by atoms with van der Waals surface area (Å²) in [5.41, 5.74) is -0.418. The smallest absolute Gasteiger partial charge is 0.410 e. The third-order valence-corrected chi connectivity index (χ3v) is 4.56. The standard InChI is InChI=1S/C17H28N2O5S/c1-10(2)12(19(6)16(22)24-17(3,4)5)8-13(20)14-18-11(9-25-14)15(21)23-7/h9-10,12-13,20H,8H2,1-7H3. The van der Waals surface area contributed by atoms with Crippen LogP contribution in [0.1, 0.15) is 62.6 Å². The molecule has 1 aromatic rings. The Morgan fingerprint density at radius 3 is 2.44 bits per heavy atom. The number of aliphatic hydroxyl groups excluding tert-OH is 1. The van der Waals surface area contributed by atoms with Gasteiger partial charge in [0.1, 0.15) is 16.7 Å². The molecule has 0 bridgehead atoms. The fraction of sp³-hybridized carbons (Fsp3) is 0.706. The summed E-state index contributed by atoms with van der Waals surface area (Å²) in [7, 11) is 2.94. The Labute approximate surface area is 153 Å². The molecule has 142 valence electrons. The van der Waals surface area contributed by atoms with Crippen molar-refractivity contribution in [3.8, 4) is 0 Å². The van der Waals surface area contributed by atoms with E-state index in [9.17, 15) is 14.7 Å². The summed E-state index contributed by atoms with van der Waals surface area (Å²) in [5, 5.41) is 12.5. The predicted octanol–water partition coefficient (Wildman–Crippen LogP) is 3.24. The van der Waals surface area contributed by atoms with E-state index in [1.54, 1.807) is 12.4 Å². The molecule has 2 unspecified atom stereocenters. The maximum absolute atomic E-state index is 12.3. The fourth-order valence-electron chi connectivity index (χ4n) is 2.32. The van der Waals surface area contributed by atoms with Crippen LogP contribution in [0.15, 0.2) is 5.38 Å². The van der Waals surface area contributed by atoms with E-state index in [0.717, 1.165) is 0 Å². The summed E-state index contributed by atoms with van der Waals surface area (Å²) in [5.74, 6) is -0.437. The molecule has 7 nitrogen and oxygen atoms in total. The minimum atomic E-state index is -0.888. The van der Waals surface area contributed by atoms with E-state index in [4.69, 9.17) is 4.74 Å². The lowest BCUT2D eigenvalue weighted by Gasteiger charge is -2.34. The van der Waals surface area contributed by atoms with E-state index < -0.39 is 23.8 Å². The van der Waals surface area contributed by atoms with Crippen LogP contribution in [-0.2, 0) is 9.47 Å². The molecule has 0 saturated heterocycles. The third-order valence-electron chi connectivity index (χ3n) is 3.61. The summed E-state index contributed by atoms with van der Waals surface area (Å²) in [6.07, 6.45) is -1.03. The summed E-state index contributed by atoms with van der Waals surface area (Å²) in [6, 6.07) is -0.240. The number of nitrogens with zero attached hydrogens (tertiary/aromatic N) is 2. The Balaban J connectivity index is 2.85. The molecule has 0 saturated carbocycles. The highest BCUT2D eigenvalue weighted by molar-refractivity contribution is 7.09. The quantitative estimate of drug-likeness (QED) is 0.771. The number of aromatic nitrogens is 1. The Morgan fingerprint density at radius 1 is 1.36 bits per heavy atom. The number of amides is 1. The topological polar surface area (TPSA) is 89.0 Å². The second-order valence-corrected chi connectivity index (χ2v) is 8.11. The van der Waals surface area contributed by atoms with Crippen LogP contribution in [-0.4, -0.2) is 52.9 Å². The van der Waals surface area contributed by atoms with E-state index >= 15 is 0 Å². The second kappa shape index (κ2) is 8.62. The molecular formula is C17H28N2O5S. The molecule has 25 heavy (non-hydrogen) atoms. The van der Waals surface area contributed by atoms with Gasteiger partial charge in [-0.1, -0.05) is 13.8 Å². The van der Waals surface area contributed by atoms with Gasteiger partial charge < -0.3 is 19.5 Å². The lowest BCUT2D eigenvalue weighted by molar-refractivity contribution is 0.0106. The largest absolute Gasteiger partial charge is 0.464 e. The highest BCUT2D eigenvalue weighted by Gasteiger charge is 2.30. The minimum absolute atomic E-state index is 0.104. The summed E-state index contributed by atoms with van der Waals surface area (Å²) < 4.78 is 10.0. The Kier molecular flexibility index (Phi) is 7.37. The lowest BCUT2D eigenvalue weighted by Crippen LogP contribution is -2.44. The molecule has 1 amide bonds. The molecule has 0 aromatic carbocycles. The number of thiazole rings is 1. The number of esters is 1. The molecule has 1 N–H and O–H groups in total. The van der Waals surface area contributed by atoms with E-state index in [2.05, 4.69) is 9.72 Å². The van der Waals surface area contributed by atoms with Gasteiger partial charge in [0.15, 0.2) is 5.69 Å². The average Bonchev–Trinajstić information content (AvgIpc) is 2.98. The van der Waals surface area contributed by atoms with Gasteiger partial charge in [0, 0.05) is 24.9 Å². The van der Waals surface area contributed by atoms with E-state index in [0.29, 0.717) is 11.4 Å². The number of carbonyl (C=O) groups is 2. The van der Waals surface area contributed by atoms with Crippen molar-refractivity contribution >= 4 is 23.4 Å². The lowest BCUT2D eigenvalue weighted by atomic mass is 9.97. The molecule has 0 radical (unpaired) electrons. The van der Waals surface area contributed by atoms with Gasteiger partial charge in [0.05, 0.1) is 7.11 Å². The Morgan fingerprint density at radius 2 is 1.96 bits per heavy atom. The molecule has 2 atom stereocenters. The van der Waals surface area contributed by atoms with Crippen molar-refractivity contribution in [1.29, 1.82) is 0 Å². The van der Waals surface area contributed by atoms with Crippen LogP contribution in [0, 0.1) is 5.92 Å². The molecule has 1 aromatic heterocycles. The number of hydrogen-bond donors (Lipinski definition) is 1. The summed E-state index contributed by atoms with van der Waals surface area (Å²) in [4.78, 5) is 29.4. The van der Waals surface area contributed by atoms with Crippen molar-refractivity contribution in [2.24, 2.45) is 5.92 Å². The first-order valence-electron chi connectivity index (χ1n) is 8.14. The zero-order valence-corrected chi connectivity index (χ0v) is 16.7. The number of carbonyl (C=O) groups excluding carboxylic acids is 2. The van der Waals surface area contributed by atoms with E-state index in [-0.39, 0.29) is 17.7 Å². The Hall–Kier alpha value is -1.67. The third kappa shape index (κ3) is 6.28. The van der Waals surface area contributed by atoms with Crippen LogP contribution in [0.25, 0.3) is 0 Å². The van der Waals surface area contributed by atoms with Crippen LogP contribution in [0.5, 0.6) is 0 Å². The maximum atomic E-state index is 12.3. The van der Waals surface area contributed by atoms with Gasteiger partial charge in [-0.3, -0.25) is 0 Å². The predicted molar refractivity (Wildman–Crippen MR) is 95.7 cm³/mol. The zero-order valence-electron chi connectivity index (χ0n) is 15.9. The van der Waals surface area contributed by atoms with Crippen LogP contribution in [0.4, 0.5) is 4.79 Å². The van der Waals surface area contributed by atoms with Gasteiger partial charge in [-0.25, -0.2) is 14.6 Å². The number of methoxy groups -OCH3 is 1. The van der Waals surface area contributed by atoms with Crippen molar-refractivity contribution in [2.45, 2.75) is 58.8 Å². The average molecular weight is 372 g/mol. The van der Waals surface area contributed by atoms with E-state index in [1.165, 1.54) is 23.3 Å². The highest BCUT2D eigenvalue weighted by atomic mass is 32.1. The van der Waals surface area contributed by atoms with Crippen molar-refractivity contribution in [3.05, 3.63) is 16.1 Å². The minimum Gasteiger partial charge on any atom is -0.464 e. The molecule has 0 spiro atoms. The SMILES string of the molecule is COC(=O)c1csc(C(O)CC(C(C)C)N(C)C(=O)OC(C)(C)C)n1. The molecule has 0 aliphatic carbocycles. The van der Waals surface area contributed by atoms with Crippen LogP contribution in [0.3, 0.4) is 0 Å². The van der Waals surface area contributed by atoms with Crippen molar-refractivity contribution in [2.75, 3.05) is 14.2 Å². The number of aliphatic hydroxyl groups is 1. The van der Waals surface area contributed by atoms with Gasteiger partial charge in [0.2, 0.25) is 0 Å². The van der Waals surface area contributed by atoms with Gasteiger partial charge in [0.25, 0.3) is 0 Å². The fourth-order valence-corrected chi connectivity index (χ4v) is 3.10. The normalized spacial score (nSPS) is 14.1. The number of rotatable bonds is 6. The number of ether oxygens (including phenoxy) is 2.